The zero-order valence-electron chi connectivity index (χ0n) is 14.2. The maximum absolute atomic E-state index is 14.4. The lowest BCUT2D eigenvalue weighted by molar-refractivity contribution is 0.590. The van der Waals surface area contributed by atoms with Gasteiger partial charge in [0.05, 0.1) is 23.1 Å². The fraction of sp³-hybridized carbons (Fsp3) is 0. The predicted molar refractivity (Wildman–Crippen MR) is 115 cm³/mol. The van der Waals surface area contributed by atoms with E-state index in [2.05, 4.69) is 20.5 Å². The second kappa shape index (κ2) is 7.72. The van der Waals surface area contributed by atoms with Crippen molar-refractivity contribution < 1.29 is 8.81 Å². The predicted octanol–water partition coefficient (Wildman–Crippen LogP) is 5.52. The Hall–Kier alpha value is -2.72. The number of hydrogen-bond acceptors (Lipinski definition) is 6. The Kier molecular flexibility index (Phi) is 5.14. The fourth-order valence-electron chi connectivity index (χ4n) is 2.74. The van der Waals surface area contributed by atoms with E-state index >= 15 is 0 Å². The number of halogens is 3. The van der Waals surface area contributed by atoms with Crippen LogP contribution in [0, 0.1) is 9.39 Å². The highest BCUT2D eigenvalue weighted by molar-refractivity contribution is 14.1. The van der Waals surface area contributed by atoms with Gasteiger partial charge in [0, 0.05) is 25.9 Å². The van der Waals surface area contributed by atoms with Crippen molar-refractivity contribution in [3.63, 3.8) is 0 Å². The summed E-state index contributed by atoms with van der Waals surface area (Å²) in [6, 6.07) is 12.1. The molecule has 0 fully saturated rings. The Balaban J connectivity index is 1.91. The van der Waals surface area contributed by atoms with Gasteiger partial charge in [0.15, 0.2) is 0 Å². The molecule has 0 spiro atoms. The number of rotatable bonds is 4. The standard InChI is InChI=1S/C19H12ClFIN5O/c20-13-4-2-1-3-11(13)12-8-24-9-16(17(12)18-26-27-19(23)28-18)25-15-6-5-10(22)7-14(15)21/h1-9,25H,(H2,23,27). The Morgan fingerprint density at radius 2 is 1.86 bits per heavy atom. The zero-order chi connectivity index (χ0) is 19.7. The second-order valence-electron chi connectivity index (χ2n) is 5.78. The van der Waals surface area contributed by atoms with Crippen LogP contribution in [0.15, 0.2) is 59.3 Å². The fourth-order valence-corrected chi connectivity index (χ4v) is 3.43. The summed E-state index contributed by atoms with van der Waals surface area (Å²) in [7, 11) is 0. The molecule has 0 saturated heterocycles. The van der Waals surface area contributed by atoms with E-state index in [1.165, 1.54) is 6.07 Å². The van der Waals surface area contributed by atoms with E-state index in [4.69, 9.17) is 21.8 Å². The van der Waals surface area contributed by atoms with Gasteiger partial charge in [-0.3, -0.25) is 4.98 Å². The van der Waals surface area contributed by atoms with E-state index in [0.29, 0.717) is 21.8 Å². The van der Waals surface area contributed by atoms with Crippen LogP contribution in [0.25, 0.3) is 22.6 Å². The maximum Gasteiger partial charge on any atom is 0.313 e. The first kappa shape index (κ1) is 18.6. The molecule has 0 unspecified atom stereocenters. The number of nitrogens with two attached hydrogens (primary N) is 1. The number of nitrogen functional groups attached to an aromatic ring is 1. The molecule has 4 aromatic rings. The van der Waals surface area contributed by atoms with Crippen LogP contribution in [0.1, 0.15) is 0 Å². The average molecular weight is 508 g/mol. The summed E-state index contributed by atoms with van der Waals surface area (Å²) in [5.74, 6) is -0.228. The zero-order valence-corrected chi connectivity index (χ0v) is 17.1. The topological polar surface area (TPSA) is 89.9 Å². The van der Waals surface area contributed by atoms with Crippen molar-refractivity contribution in [3.8, 4) is 22.6 Å². The quantitative estimate of drug-likeness (QED) is 0.354. The first-order valence-corrected chi connectivity index (χ1v) is 9.53. The number of nitrogens with one attached hydrogen (secondary N) is 1. The molecular formula is C19H12ClFIN5O. The van der Waals surface area contributed by atoms with Gasteiger partial charge in [-0.05, 0) is 46.9 Å². The summed E-state index contributed by atoms with van der Waals surface area (Å²) >= 11 is 8.42. The number of benzene rings is 2. The van der Waals surface area contributed by atoms with Crippen LogP contribution in [0.2, 0.25) is 5.02 Å². The average Bonchev–Trinajstić information content (AvgIpc) is 3.10. The molecule has 0 radical (unpaired) electrons. The third-order valence-electron chi connectivity index (χ3n) is 3.96. The maximum atomic E-state index is 14.4. The molecule has 9 heteroatoms. The van der Waals surface area contributed by atoms with Crippen molar-refractivity contribution in [1.29, 1.82) is 0 Å². The smallest absolute Gasteiger partial charge is 0.313 e. The van der Waals surface area contributed by atoms with Gasteiger partial charge in [-0.1, -0.05) is 34.9 Å². The first-order chi connectivity index (χ1) is 13.5. The SMILES string of the molecule is Nc1nnc(-c2c(Nc3ccc(I)cc3F)cncc2-c2ccccc2Cl)o1. The lowest BCUT2D eigenvalue weighted by Crippen LogP contribution is -1.99. The molecule has 0 aliphatic rings. The minimum Gasteiger partial charge on any atom is -0.403 e. The van der Waals surface area contributed by atoms with E-state index in [0.717, 1.165) is 9.13 Å². The Morgan fingerprint density at radius 1 is 1.04 bits per heavy atom. The van der Waals surface area contributed by atoms with Crippen LogP contribution >= 0.6 is 34.2 Å². The summed E-state index contributed by atoms with van der Waals surface area (Å²) in [5.41, 5.74) is 8.25. The van der Waals surface area contributed by atoms with E-state index in [1.54, 1.807) is 30.6 Å². The van der Waals surface area contributed by atoms with Gasteiger partial charge in [0.1, 0.15) is 5.82 Å². The summed E-state index contributed by atoms with van der Waals surface area (Å²) in [6.07, 6.45) is 3.18. The highest BCUT2D eigenvalue weighted by atomic mass is 127. The van der Waals surface area contributed by atoms with Crippen LogP contribution in [0.4, 0.5) is 21.8 Å². The lowest BCUT2D eigenvalue weighted by Gasteiger charge is -2.15. The normalized spacial score (nSPS) is 10.8. The molecule has 0 bridgehead atoms. The van der Waals surface area contributed by atoms with Crippen LogP contribution in [0.3, 0.4) is 0 Å². The summed E-state index contributed by atoms with van der Waals surface area (Å²) in [6.45, 7) is 0. The van der Waals surface area contributed by atoms with Crippen molar-refractivity contribution in [2.75, 3.05) is 11.1 Å². The van der Waals surface area contributed by atoms with Crippen molar-refractivity contribution in [2.45, 2.75) is 0 Å². The molecule has 0 aliphatic heterocycles. The van der Waals surface area contributed by atoms with E-state index in [1.807, 2.05) is 40.8 Å². The molecule has 140 valence electrons. The molecule has 0 aliphatic carbocycles. The number of anilines is 3. The Bertz CT molecular complexity index is 1170. The minimum absolute atomic E-state index is 0.0803. The first-order valence-electron chi connectivity index (χ1n) is 8.07. The molecule has 6 nitrogen and oxygen atoms in total. The number of pyridine rings is 1. The molecule has 2 aromatic carbocycles. The summed E-state index contributed by atoms with van der Waals surface area (Å²) < 4.78 is 20.6. The largest absolute Gasteiger partial charge is 0.403 e. The van der Waals surface area contributed by atoms with Gasteiger partial charge < -0.3 is 15.5 Å². The van der Waals surface area contributed by atoms with Gasteiger partial charge in [-0.25, -0.2) is 4.39 Å². The second-order valence-corrected chi connectivity index (χ2v) is 7.44. The van der Waals surface area contributed by atoms with Crippen molar-refractivity contribution in [1.82, 2.24) is 15.2 Å². The summed E-state index contributed by atoms with van der Waals surface area (Å²) in [4.78, 5) is 4.27. The monoisotopic (exact) mass is 507 g/mol. The lowest BCUT2D eigenvalue weighted by atomic mass is 10.0. The molecule has 2 heterocycles. The molecule has 2 aromatic heterocycles. The number of aromatic nitrogens is 3. The van der Waals surface area contributed by atoms with Crippen LogP contribution in [-0.2, 0) is 0 Å². The highest BCUT2D eigenvalue weighted by Gasteiger charge is 2.20. The van der Waals surface area contributed by atoms with Gasteiger partial charge in [0.2, 0.25) is 0 Å². The van der Waals surface area contributed by atoms with E-state index < -0.39 is 5.82 Å². The number of nitrogens with zero attached hydrogens (tertiary/aromatic N) is 3. The van der Waals surface area contributed by atoms with E-state index in [9.17, 15) is 4.39 Å². The Morgan fingerprint density at radius 3 is 2.57 bits per heavy atom. The summed E-state index contributed by atoms with van der Waals surface area (Å²) in [5, 5.41) is 11.3. The molecular weight excluding hydrogens is 496 g/mol. The molecule has 4 rings (SSSR count). The minimum atomic E-state index is -0.397. The Labute approximate surface area is 178 Å². The van der Waals surface area contributed by atoms with Gasteiger partial charge in [-0.15, -0.1) is 5.10 Å². The van der Waals surface area contributed by atoms with Crippen LogP contribution in [-0.4, -0.2) is 15.2 Å². The van der Waals surface area contributed by atoms with Crippen LogP contribution < -0.4 is 11.1 Å². The van der Waals surface area contributed by atoms with Gasteiger partial charge >= 0.3 is 6.01 Å². The third kappa shape index (κ3) is 3.65. The molecule has 0 saturated carbocycles. The highest BCUT2D eigenvalue weighted by Crippen LogP contribution is 2.40. The van der Waals surface area contributed by atoms with E-state index in [-0.39, 0.29) is 17.6 Å². The molecule has 0 amide bonds. The van der Waals surface area contributed by atoms with Crippen molar-refractivity contribution in [3.05, 3.63) is 69.3 Å². The molecule has 28 heavy (non-hydrogen) atoms. The van der Waals surface area contributed by atoms with Crippen molar-refractivity contribution in [2.24, 2.45) is 0 Å². The van der Waals surface area contributed by atoms with Crippen LogP contribution in [0.5, 0.6) is 0 Å². The third-order valence-corrected chi connectivity index (χ3v) is 4.97. The van der Waals surface area contributed by atoms with Gasteiger partial charge in [0.25, 0.3) is 5.89 Å². The number of hydrogen-bond donors (Lipinski definition) is 2. The molecule has 3 N–H and O–H groups in total. The molecule has 0 atom stereocenters. The van der Waals surface area contributed by atoms with Gasteiger partial charge in [-0.2, -0.15) is 0 Å². The van der Waals surface area contributed by atoms with Crippen molar-refractivity contribution >= 4 is 51.6 Å².